The predicted octanol–water partition coefficient (Wildman–Crippen LogP) is 6.70. The lowest BCUT2D eigenvalue weighted by atomic mass is 10.0. The molecule has 2 N–H and O–H groups in total. The van der Waals surface area contributed by atoms with Gasteiger partial charge in [0.2, 0.25) is 6.43 Å². The Balaban J connectivity index is 2.00. The number of anilines is 1. The molecule has 34 heavy (non-hydrogen) atoms. The Hall–Kier alpha value is -3.55. The zero-order valence-corrected chi connectivity index (χ0v) is 19.0. The highest BCUT2D eigenvalue weighted by Crippen LogP contribution is 2.29. The maximum atomic E-state index is 14.4. The van der Waals surface area contributed by atoms with Gasteiger partial charge in [-0.3, -0.25) is 0 Å². The van der Waals surface area contributed by atoms with Gasteiger partial charge in [0, 0.05) is 36.2 Å². The van der Waals surface area contributed by atoms with Crippen LogP contribution in [-0.2, 0) is 6.42 Å². The maximum Gasteiger partial charge on any atom is 0.239 e. The van der Waals surface area contributed by atoms with E-state index in [2.05, 4.69) is 28.9 Å². The Morgan fingerprint density at radius 3 is 2.47 bits per heavy atom. The summed E-state index contributed by atoms with van der Waals surface area (Å²) in [6.45, 7) is 10.5. The van der Waals surface area contributed by atoms with Gasteiger partial charge in [0.25, 0.3) is 0 Å². The summed E-state index contributed by atoms with van der Waals surface area (Å²) in [6, 6.07) is 11.7. The molecule has 8 heteroatoms. The first-order valence-electron chi connectivity index (χ1n) is 11.0. The van der Waals surface area contributed by atoms with Crippen LogP contribution in [0.2, 0.25) is 0 Å². The van der Waals surface area contributed by atoms with Crippen molar-refractivity contribution < 1.29 is 17.6 Å². The van der Waals surface area contributed by atoms with Crippen molar-refractivity contribution in [2.45, 2.75) is 32.6 Å². The van der Waals surface area contributed by atoms with E-state index in [4.69, 9.17) is 0 Å². The van der Waals surface area contributed by atoms with Crippen molar-refractivity contribution in [2.75, 3.05) is 11.9 Å². The molecule has 0 amide bonds. The molecule has 0 aliphatic rings. The van der Waals surface area contributed by atoms with E-state index in [1.165, 1.54) is 24.3 Å². The van der Waals surface area contributed by atoms with Crippen LogP contribution < -0.4 is 10.6 Å². The third kappa shape index (κ3) is 6.50. The van der Waals surface area contributed by atoms with Crippen molar-refractivity contribution in [1.82, 2.24) is 15.1 Å². The second-order valence-corrected chi connectivity index (χ2v) is 7.95. The van der Waals surface area contributed by atoms with Gasteiger partial charge >= 0.3 is 0 Å². The Bertz CT molecular complexity index is 1120. The number of aryl methyl sites for hydroxylation is 1. The van der Waals surface area contributed by atoms with Gasteiger partial charge in [-0.15, -0.1) is 5.10 Å². The van der Waals surface area contributed by atoms with Gasteiger partial charge in [0.1, 0.15) is 11.6 Å². The van der Waals surface area contributed by atoms with Gasteiger partial charge in [-0.2, -0.15) is 0 Å². The maximum absolute atomic E-state index is 14.4. The molecule has 0 radical (unpaired) electrons. The standard InChI is InChI=1S/C26H28F4N4/c1-4-19(16-31-5-2)17(3)32-26-15-24(34(33-26)23-9-7-21(27)8-10-23)20-12-18(6-11-25(29)30)13-22(28)14-20/h5,7-10,12-15,19,25,31H,2-4,6,11,16H2,1H3,(H,32,33). The number of rotatable bonds is 12. The molecule has 3 aromatic rings. The number of aromatic nitrogens is 2. The van der Waals surface area contributed by atoms with E-state index in [0.717, 1.165) is 12.1 Å². The van der Waals surface area contributed by atoms with Gasteiger partial charge in [0.15, 0.2) is 5.82 Å². The molecule has 0 spiro atoms. The van der Waals surface area contributed by atoms with Crippen molar-refractivity contribution in [3.05, 3.63) is 90.8 Å². The van der Waals surface area contributed by atoms with Gasteiger partial charge in [-0.05, 0) is 67.1 Å². The molecule has 1 atom stereocenters. The highest BCUT2D eigenvalue weighted by molar-refractivity contribution is 5.67. The number of nitrogens with one attached hydrogen (secondary N) is 2. The van der Waals surface area contributed by atoms with E-state index in [0.29, 0.717) is 34.9 Å². The zero-order valence-electron chi connectivity index (χ0n) is 19.0. The highest BCUT2D eigenvalue weighted by Gasteiger charge is 2.17. The average molecular weight is 473 g/mol. The normalized spacial score (nSPS) is 11.9. The summed E-state index contributed by atoms with van der Waals surface area (Å²) in [7, 11) is 0. The second kappa shape index (κ2) is 11.5. The number of hydrogen-bond donors (Lipinski definition) is 2. The van der Waals surface area contributed by atoms with E-state index < -0.39 is 18.1 Å². The van der Waals surface area contributed by atoms with Gasteiger partial charge in [0.05, 0.1) is 11.4 Å². The van der Waals surface area contributed by atoms with E-state index in [1.54, 1.807) is 35.1 Å². The first-order valence-corrected chi connectivity index (χ1v) is 11.0. The minimum atomic E-state index is -2.47. The van der Waals surface area contributed by atoms with Crippen molar-refractivity contribution in [2.24, 2.45) is 5.92 Å². The molecule has 2 aromatic carbocycles. The predicted molar refractivity (Wildman–Crippen MR) is 128 cm³/mol. The Morgan fingerprint density at radius 1 is 1.09 bits per heavy atom. The summed E-state index contributed by atoms with van der Waals surface area (Å²) in [5.41, 5.74) is 2.76. The molecule has 0 fully saturated rings. The van der Waals surface area contributed by atoms with Crippen LogP contribution in [0.1, 0.15) is 25.3 Å². The Kier molecular flexibility index (Phi) is 8.51. The fourth-order valence-electron chi connectivity index (χ4n) is 3.65. The van der Waals surface area contributed by atoms with Crippen molar-refractivity contribution >= 4 is 5.82 Å². The number of alkyl halides is 2. The first-order chi connectivity index (χ1) is 16.3. The molecule has 0 aliphatic carbocycles. The van der Waals surface area contributed by atoms with Crippen LogP contribution in [0.4, 0.5) is 23.4 Å². The number of halogens is 4. The van der Waals surface area contributed by atoms with Gasteiger partial charge in [-0.1, -0.05) is 20.1 Å². The number of hydrogen-bond acceptors (Lipinski definition) is 3. The SMILES string of the molecule is C=CNCC(CC)C(=C)Nc1cc(-c2cc(F)cc(CCC(F)F)c2)n(-c2ccc(F)cc2)n1. The summed E-state index contributed by atoms with van der Waals surface area (Å²) in [4.78, 5) is 0. The molecular formula is C26H28F4N4. The summed E-state index contributed by atoms with van der Waals surface area (Å²) in [5, 5.41) is 10.9. The molecule has 0 aliphatic heterocycles. The van der Waals surface area contributed by atoms with Gasteiger partial charge in [-0.25, -0.2) is 22.2 Å². The number of benzene rings is 2. The minimum Gasteiger partial charge on any atom is -0.391 e. The lowest BCUT2D eigenvalue weighted by molar-refractivity contribution is 0.138. The molecule has 0 saturated heterocycles. The van der Waals surface area contributed by atoms with Crippen LogP contribution in [0.15, 0.2) is 73.6 Å². The van der Waals surface area contributed by atoms with Gasteiger partial charge < -0.3 is 10.6 Å². The molecular weight excluding hydrogens is 444 g/mol. The summed E-state index contributed by atoms with van der Waals surface area (Å²) >= 11 is 0. The summed E-state index contributed by atoms with van der Waals surface area (Å²) in [5.74, 6) is -0.355. The third-order valence-electron chi connectivity index (χ3n) is 5.47. The molecule has 180 valence electrons. The summed E-state index contributed by atoms with van der Waals surface area (Å²) in [6.07, 6.45) is -0.337. The molecule has 3 rings (SSSR count). The van der Waals surface area contributed by atoms with Crippen LogP contribution in [0.25, 0.3) is 16.9 Å². The van der Waals surface area contributed by atoms with Crippen molar-refractivity contribution in [3.63, 3.8) is 0 Å². The molecule has 1 aromatic heterocycles. The molecule has 4 nitrogen and oxygen atoms in total. The third-order valence-corrected chi connectivity index (χ3v) is 5.47. The fourth-order valence-corrected chi connectivity index (χ4v) is 3.65. The van der Waals surface area contributed by atoms with Crippen molar-refractivity contribution in [1.29, 1.82) is 0 Å². The second-order valence-electron chi connectivity index (χ2n) is 7.95. The number of nitrogens with zero attached hydrogens (tertiary/aromatic N) is 2. The van der Waals surface area contributed by atoms with Crippen LogP contribution in [0.3, 0.4) is 0 Å². The monoisotopic (exact) mass is 472 g/mol. The van der Waals surface area contributed by atoms with E-state index >= 15 is 0 Å². The minimum absolute atomic E-state index is 0.0451. The summed E-state index contributed by atoms with van der Waals surface area (Å²) < 4.78 is 54.9. The van der Waals surface area contributed by atoms with Crippen LogP contribution in [-0.4, -0.2) is 22.8 Å². The molecule has 1 unspecified atom stereocenters. The highest BCUT2D eigenvalue weighted by atomic mass is 19.3. The largest absolute Gasteiger partial charge is 0.391 e. The lowest BCUT2D eigenvalue weighted by Crippen LogP contribution is -2.22. The zero-order chi connectivity index (χ0) is 24.7. The smallest absolute Gasteiger partial charge is 0.239 e. The van der Waals surface area contributed by atoms with E-state index in [1.807, 2.05) is 6.92 Å². The molecule has 0 saturated carbocycles. The van der Waals surface area contributed by atoms with Crippen LogP contribution in [0, 0.1) is 17.6 Å². The fraction of sp³-hybridized carbons (Fsp3) is 0.269. The average Bonchev–Trinajstić information content (AvgIpc) is 3.22. The topological polar surface area (TPSA) is 41.9 Å². The first kappa shape index (κ1) is 25.1. The molecule has 0 bridgehead atoms. The Labute approximate surface area is 197 Å². The quantitative estimate of drug-likeness (QED) is 0.288. The van der Waals surface area contributed by atoms with Crippen LogP contribution >= 0.6 is 0 Å². The lowest BCUT2D eigenvalue weighted by Gasteiger charge is -2.18. The Morgan fingerprint density at radius 2 is 1.82 bits per heavy atom. The van der Waals surface area contributed by atoms with Crippen molar-refractivity contribution in [3.8, 4) is 16.9 Å². The van der Waals surface area contributed by atoms with Crippen LogP contribution in [0.5, 0.6) is 0 Å². The van der Waals surface area contributed by atoms with E-state index in [-0.39, 0.29) is 18.8 Å². The molecule has 1 heterocycles. The van der Waals surface area contributed by atoms with E-state index in [9.17, 15) is 17.6 Å².